The van der Waals surface area contributed by atoms with E-state index in [0.717, 1.165) is 17.5 Å². The first-order valence-electron chi connectivity index (χ1n) is 9.52. The third-order valence-electron chi connectivity index (χ3n) is 4.43. The van der Waals surface area contributed by atoms with Gasteiger partial charge in [0.1, 0.15) is 11.8 Å². The van der Waals surface area contributed by atoms with Crippen molar-refractivity contribution in [3.8, 4) is 0 Å². The minimum atomic E-state index is -0.117. The number of fused-ring (bicyclic) bond motifs is 1. The molecule has 0 radical (unpaired) electrons. The van der Waals surface area contributed by atoms with Crippen molar-refractivity contribution in [3.63, 3.8) is 0 Å². The second-order valence-corrected chi connectivity index (χ2v) is 6.35. The Bertz CT molecular complexity index is 838. The lowest BCUT2D eigenvalue weighted by Gasteiger charge is -2.13. The fourth-order valence-electron chi connectivity index (χ4n) is 3.11. The van der Waals surface area contributed by atoms with Crippen molar-refractivity contribution < 1.29 is 19.4 Å². The Morgan fingerprint density at radius 2 is 1.86 bits per heavy atom. The van der Waals surface area contributed by atoms with Gasteiger partial charge in [0.2, 0.25) is 0 Å². The Labute approximate surface area is 165 Å². The molecule has 1 fully saturated rings. The summed E-state index contributed by atoms with van der Waals surface area (Å²) in [5, 5.41) is 17.7. The van der Waals surface area contributed by atoms with Gasteiger partial charge in [0.15, 0.2) is 11.4 Å². The summed E-state index contributed by atoms with van der Waals surface area (Å²) in [4.78, 5) is 8.09. The van der Waals surface area contributed by atoms with E-state index in [-0.39, 0.29) is 25.4 Å². The number of hydrogen-bond acceptors (Lipinski definition) is 7. The highest BCUT2D eigenvalue weighted by Crippen LogP contribution is 2.41. The van der Waals surface area contributed by atoms with Crippen LogP contribution in [0.4, 0.5) is 5.82 Å². The van der Waals surface area contributed by atoms with Gasteiger partial charge in [-0.1, -0.05) is 51.1 Å². The first-order chi connectivity index (χ1) is 13.6. The highest BCUT2D eigenvalue weighted by Gasteiger charge is 2.35. The molecule has 0 saturated carbocycles. The Balaban J connectivity index is 0.000000236. The number of furan rings is 1. The number of nitrogens with zero attached hydrogens (tertiary/aromatic N) is 2. The van der Waals surface area contributed by atoms with Crippen LogP contribution in [0.15, 0.2) is 47.3 Å². The Hall–Kier alpha value is -2.48. The zero-order chi connectivity index (χ0) is 20.5. The molecular formula is C21H29N3O4. The van der Waals surface area contributed by atoms with Gasteiger partial charge >= 0.3 is 0 Å². The molecule has 1 aliphatic heterocycles. The second-order valence-electron chi connectivity index (χ2n) is 6.35. The number of nitrogens with two attached hydrogens (primary N) is 1. The monoisotopic (exact) mass is 387 g/mol. The molecule has 0 aliphatic carbocycles. The van der Waals surface area contributed by atoms with E-state index in [0.29, 0.717) is 22.8 Å². The van der Waals surface area contributed by atoms with E-state index in [1.165, 1.54) is 6.33 Å². The van der Waals surface area contributed by atoms with Crippen LogP contribution in [0.5, 0.6) is 0 Å². The average Bonchev–Trinajstić information content (AvgIpc) is 3.34. The normalized spacial score (nSPS) is 20.8. The molecular weight excluding hydrogens is 358 g/mol. The van der Waals surface area contributed by atoms with Crippen molar-refractivity contribution >= 4 is 16.9 Å². The summed E-state index contributed by atoms with van der Waals surface area (Å²) in [5.74, 6) is 0.634. The van der Waals surface area contributed by atoms with Crippen molar-refractivity contribution in [1.29, 1.82) is 0 Å². The summed E-state index contributed by atoms with van der Waals surface area (Å²) in [6.07, 6.45) is 3.64. The number of aliphatic hydroxyl groups excluding tert-OH is 2. The topological polar surface area (TPSA) is 115 Å². The largest absolute Gasteiger partial charge is 0.458 e. The highest BCUT2D eigenvalue weighted by molar-refractivity contribution is 5.84. The lowest BCUT2D eigenvalue weighted by atomic mass is 9.97. The zero-order valence-corrected chi connectivity index (χ0v) is 16.6. The van der Waals surface area contributed by atoms with Gasteiger partial charge in [0, 0.05) is 5.56 Å². The third-order valence-corrected chi connectivity index (χ3v) is 4.43. The van der Waals surface area contributed by atoms with E-state index < -0.39 is 0 Å². The van der Waals surface area contributed by atoms with Crippen LogP contribution in [0.3, 0.4) is 0 Å². The van der Waals surface area contributed by atoms with E-state index in [1.54, 1.807) is 6.26 Å². The SMILES string of the molecule is CC.C[C@H]1C[C@@H](CO)O[C@H]1c1coc2c(N)ncnc12.OCc1ccccc1. The lowest BCUT2D eigenvalue weighted by molar-refractivity contribution is 0.00544. The van der Waals surface area contributed by atoms with Gasteiger partial charge in [-0.2, -0.15) is 0 Å². The van der Waals surface area contributed by atoms with Crippen molar-refractivity contribution in [3.05, 3.63) is 54.0 Å². The first-order valence-corrected chi connectivity index (χ1v) is 9.52. The van der Waals surface area contributed by atoms with Gasteiger partial charge in [0.25, 0.3) is 0 Å². The van der Waals surface area contributed by atoms with Crippen LogP contribution in [-0.4, -0.2) is 32.9 Å². The van der Waals surface area contributed by atoms with Gasteiger partial charge in [-0.15, -0.1) is 0 Å². The van der Waals surface area contributed by atoms with Crippen LogP contribution >= 0.6 is 0 Å². The van der Waals surface area contributed by atoms with E-state index in [4.69, 9.17) is 25.1 Å². The van der Waals surface area contributed by atoms with Gasteiger partial charge in [-0.3, -0.25) is 0 Å². The van der Waals surface area contributed by atoms with Crippen LogP contribution in [0, 0.1) is 5.92 Å². The second kappa shape index (κ2) is 10.8. The van der Waals surface area contributed by atoms with Crippen molar-refractivity contribution in [2.24, 2.45) is 5.92 Å². The van der Waals surface area contributed by atoms with Crippen molar-refractivity contribution in [2.75, 3.05) is 12.3 Å². The van der Waals surface area contributed by atoms with Crippen LogP contribution in [0.2, 0.25) is 0 Å². The zero-order valence-electron chi connectivity index (χ0n) is 16.6. The standard InChI is InChI=1S/C12H15N3O3.C7H8O.C2H6/c1-6-2-7(3-16)18-10(6)8-4-17-11-9(8)14-5-15-12(11)13;8-6-7-4-2-1-3-5-7;1-2/h4-7,10,16H,2-3H2,1H3,(H2,13,14,15);1-5,8H,6H2;1-2H3/t6-,7-,10+;;/m0../s1. The summed E-state index contributed by atoms with van der Waals surface area (Å²) in [5.41, 5.74) is 8.76. The number of rotatable bonds is 3. The Kier molecular flexibility index (Phi) is 8.38. The lowest BCUT2D eigenvalue weighted by Crippen LogP contribution is -2.11. The molecule has 152 valence electrons. The van der Waals surface area contributed by atoms with Crippen LogP contribution < -0.4 is 5.73 Å². The number of ether oxygens (including phenoxy) is 1. The molecule has 0 bridgehead atoms. The molecule has 28 heavy (non-hydrogen) atoms. The summed E-state index contributed by atoms with van der Waals surface area (Å²) >= 11 is 0. The number of nitrogen functional groups attached to an aromatic ring is 1. The summed E-state index contributed by atoms with van der Waals surface area (Å²) in [7, 11) is 0. The predicted octanol–water partition coefficient (Wildman–Crippen LogP) is 3.47. The average molecular weight is 387 g/mol. The molecule has 3 heterocycles. The number of aliphatic hydroxyl groups is 2. The number of hydrogen-bond donors (Lipinski definition) is 3. The number of aromatic nitrogens is 2. The molecule has 0 unspecified atom stereocenters. The van der Waals surface area contributed by atoms with E-state index in [9.17, 15) is 0 Å². The predicted molar refractivity (Wildman–Crippen MR) is 108 cm³/mol. The molecule has 2 aromatic heterocycles. The van der Waals surface area contributed by atoms with E-state index in [2.05, 4.69) is 16.9 Å². The summed E-state index contributed by atoms with van der Waals surface area (Å²) in [6, 6.07) is 9.52. The molecule has 3 aromatic rings. The molecule has 0 spiro atoms. The molecule has 4 N–H and O–H groups in total. The van der Waals surface area contributed by atoms with Gasteiger partial charge in [-0.05, 0) is 17.9 Å². The maximum Gasteiger partial charge on any atom is 0.194 e. The minimum Gasteiger partial charge on any atom is -0.458 e. The van der Waals surface area contributed by atoms with Gasteiger partial charge in [0.05, 0.1) is 31.7 Å². The molecule has 3 atom stereocenters. The minimum absolute atomic E-state index is 0.0355. The van der Waals surface area contributed by atoms with Crippen molar-refractivity contribution in [1.82, 2.24) is 9.97 Å². The molecule has 1 aliphatic rings. The molecule has 4 rings (SSSR count). The van der Waals surface area contributed by atoms with Gasteiger partial charge < -0.3 is 25.1 Å². The summed E-state index contributed by atoms with van der Waals surface area (Å²) < 4.78 is 11.2. The Morgan fingerprint density at radius 1 is 1.14 bits per heavy atom. The molecule has 0 amide bonds. The number of benzene rings is 1. The van der Waals surface area contributed by atoms with Crippen LogP contribution in [0.25, 0.3) is 11.1 Å². The summed E-state index contributed by atoms with van der Waals surface area (Å²) in [6.45, 7) is 6.26. The highest BCUT2D eigenvalue weighted by atomic mass is 16.5. The van der Waals surface area contributed by atoms with E-state index >= 15 is 0 Å². The molecule has 7 heteroatoms. The number of anilines is 1. The maximum absolute atomic E-state index is 9.16. The molecule has 7 nitrogen and oxygen atoms in total. The smallest absolute Gasteiger partial charge is 0.194 e. The van der Waals surface area contributed by atoms with Crippen LogP contribution in [0.1, 0.15) is 44.4 Å². The van der Waals surface area contributed by atoms with Crippen LogP contribution in [-0.2, 0) is 11.3 Å². The van der Waals surface area contributed by atoms with Crippen molar-refractivity contribution in [2.45, 2.75) is 46.0 Å². The fraction of sp³-hybridized carbons (Fsp3) is 0.429. The fourth-order valence-corrected chi connectivity index (χ4v) is 3.11. The maximum atomic E-state index is 9.16. The third kappa shape index (κ3) is 5.07. The van der Waals surface area contributed by atoms with Gasteiger partial charge in [-0.25, -0.2) is 9.97 Å². The molecule has 1 saturated heterocycles. The molecule has 1 aromatic carbocycles. The van der Waals surface area contributed by atoms with E-state index in [1.807, 2.05) is 44.2 Å². The Morgan fingerprint density at radius 3 is 2.43 bits per heavy atom. The quantitative estimate of drug-likeness (QED) is 0.630. The first kappa shape index (κ1) is 21.8.